The zero-order valence-corrected chi connectivity index (χ0v) is 11.1. The van der Waals surface area contributed by atoms with E-state index in [0.717, 1.165) is 16.8 Å². The number of carbonyl (C=O) groups is 1. The van der Waals surface area contributed by atoms with E-state index in [-0.39, 0.29) is 5.56 Å². The van der Waals surface area contributed by atoms with Crippen LogP contribution < -0.4 is 5.56 Å². The van der Waals surface area contributed by atoms with Crippen LogP contribution in [0.3, 0.4) is 0 Å². The average molecular weight is 257 g/mol. The number of benzene rings is 1. The van der Waals surface area contributed by atoms with Gasteiger partial charge in [0.15, 0.2) is 0 Å². The second-order valence-electron chi connectivity index (χ2n) is 4.55. The minimum absolute atomic E-state index is 0.216. The van der Waals surface area contributed by atoms with Crippen molar-refractivity contribution in [2.75, 3.05) is 0 Å². The summed E-state index contributed by atoms with van der Waals surface area (Å²) in [6.07, 6.45) is 0. The molecule has 0 saturated heterocycles. The van der Waals surface area contributed by atoms with Gasteiger partial charge >= 0.3 is 5.97 Å². The lowest BCUT2D eigenvalue weighted by atomic mass is 10.1. The molecule has 0 aliphatic carbocycles. The van der Waals surface area contributed by atoms with Crippen molar-refractivity contribution in [3.05, 3.63) is 63.1 Å². The lowest BCUT2D eigenvalue weighted by Crippen LogP contribution is -2.27. The van der Waals surface area contributed by atoms with Crippen LogP contribution in [0.2, 0.25) is 0 Å². The molecule has 0 radical (unpaired) electrons. The van der Waals surface area contributed by atoms with E-state index >= 15 is 0 Å². The third-order valence-electron chi connectivity index (χ3n) is 3.32. The standard InChI is InChI=1S/C15H15NO3/c1-9-5-4-6-13(11(9)3)16-10(2)7-8-12(14(16)17)15(18)19/h4-8H,1-3H3,(H,18,19). The van der Waals surface area contributed by atoms with Crippen molar-refractivity contribution in [3.63, 3.8) is 0 Å². The molecular formula is C15H15NO3. The smallest absolute Gasteiger partial charge is 0.341 e. The summed E-state index contributed by atoms with van der Waals surface area (Å²) in [5, 5.41) is 9.04. The molecule has 4 heteroatoms. The summed E-state index contributed by atoms with van der Waals surface area (Å²) in [7, 11) is 0. The number of pyridine rings is 1. The first-order valence-electron chi connectivity index (χ1n) is 5.96. The molecule has 1 N–H and O–H groups in total. The fourth-order valence-corrected chi connectivity index (χ4v) is 2.07. The predicted octanol–water partition coefficient (Wildman–Crippen LogP) is 2.46. The monoisotopic (exact) mass is 257 g/mol. The largest absolute Gasteiger partial charge is 0.477 e. The van der Waals surface area contributed by atoms with Crippen molar-refractivity contribution >= 4 is 5.97 Å². The van der Waals surface area contributed by atoms with Gasteiger partial charge in [-0.1, -0.05) is 12.1 Å². The van der Waals surface area contributed by atoms with Crippen molar-refractivity contribution in [2.24, 2.45) is 0 Å². The first kappa shape index (κ1) is 13.1. The molecular weight excluding hydrogens is 242 g/mol. The number of aromatic nitrogens is 1. The van der Waals surface area contributed by atoms with Crippen LogP contribution in [-0.4, -0.2) is 15.6 Å². The van der Waals surface area contributed by atoms with Crippen LogP contribution in [0.4, 0.5) is 0 Å². The molecule has 0 saturated carbocycles. The molecule has 0 spiro atoms. The van der Waals surface area contributed by atoms with E-state index in [0.29, 0.717) is 5.69 Å². The highest BCUT2D eigenvalue weighted by Gasteiger charge is 2.14. The Bertz CT molecular complexity index is 714. The highest BCUT2D eigenvalue weighted by molar-refractivity contribution is 5.87. The number of rotatable bonds is 2. The number of aromatic carboxylic acids is 1. The zero-order valence-electron chi connectivity index (χ0n) is 11.1. The van der Waals surface area contributed by atoms with Gasteiger partial charge in [-0.2, -0.15) is 0 Å². The molecule has 0 aliphatic rings. The summed E-state index contributed by atoms with van der Waals surface area (Å²) in [5.41, 5.74) is 2.75. The van der Waals surface area contributed by atoms with Crippen LogP contribution >= 0.6 is 0 Å². The van der Waals surface area contributed by atoms with Gasteiger partial charge in [-0.3, -0.25) is 9.36 Å². The molecule has 19 heavy (non-hydrogen) atoms. The van der Waals surface area contributed by atoms with Crippen LogP contribution in [-0.2, 0) is 0 Å². The molecule has 0 atom stereocenters. The van der Waals surface area contributed by atoms with Crippen LogP contribution in [0, 0.1) is 20.8 Å². The summed E-state index contributed by atoms with van der Waals surface area (Å²) in [4.78, 5) is 23.3. The van der Waals surface area contributed by atoms with E-state index in [9.17, 15) is 9.59 Å². The highest BCUT2D eigenvalue weighted by Crippen LogP contribution is 2.17. The fourth-order valence-electron chi connectivity index (χ4n) is 2.07. The molecule has 0 bridgehead atoms. The number of nitrogens with zero attached hydrogens (tertiary/aromatic N) is 1. The molecule has 0 unspecified atom stereocenters. The fraction of sp³-hybridized carbons (Fsp3) is 0.200. The maximum atomic E-state index is 12.3. The summed E-state index contributed by atoms with van der Waals surface area (Å²) >= 11 is 0. The molecule has 2 rings (SSSR count). The first-order chi connectivity index (χ1) is 8.93. The van der Waals surface area contributed by atoms with Crippen LogP contribution in [0.15, 0.2) is 35.1 Å². The van der Waals surface area contributed by atoms with E-state index in [1.807, 2.05) is 32.0 Å². The zero-order chi connectivity index (χ0) is 14.2. The van der Waals surface area contributed by atoms with E-state index in [4.69, 9.17) is 5.11 Å². The Kier molecular flexibility index (Phi) is 3.25. The molecule has 1 aromatic carbocycles. The quantitative estimate of drug-likeness (QED) is 0.899. The van der Waals surface area contributed by atoms with Gasteiger partial charge in [-0.15, -0.1) is 0 Å². The predicted molar refractivity (Wildman–Crippen MR) is 73.2 cm³/mol. The van der Waals surface area contributed by atoms with Gasteiger partial charge < -0.3 is 5.11 Å². The van der Waals surface area contributed by atoms with Crippen molar-refractivity contribution in [2.45, 2.75) is 20.8 Å². The lowest BCUT2D eigenvalue weighted by molar-refractivity contribution is 0.0694. The Morgan fingerprint density at radius 1 is 1.11 bits per heavy atom. The number of carboxylic acid groups (broad SMARTS) is 1. The van der Waals surface area contributed by atoms with E-state index in [1.54, 1.807) is 13.0 Å². The van der Waals surface area contributed by atoms with Crippen molar-refractivity contribution in [1.82, 2.24) is 4.57 Å². The van der Waals surface area contributed by atoms with Crippen molar-refractivity contribution in [1.29, 1.82) is 0 Å². The van der Waals surface area contributed by atoms with Gasteiger partial charge in [0.25, 0.3) is 5.56 Å². The van der Waals surface area contributed by atoms with Gasteiger partial charge in [-0.25, -0.2) is 4.79 Å². The summed E-state index contributed by atoms with van der Waals surface area (Å²) in [5.74, 6) is -1.20. The summed E-state index contributed by atoms with van der Waals surface area (Å²) in [6.45, 7) is 5.67. The molecule has 4 nitrogen and oxygen atoms in total. The Morgan fingerprint density at radius 3 is 2.42 bits per heavy atom. The summed E-state index contributed by atoms with van der Waals surface area (Å²) < 4.78 is 1.45. The number of carboxylic acids is 1. The second-order valence-corrected chi connectivity index (χ2v) is 4.55. The molecule has 2 aromatic rings. The Morgan fingerprint density at radius 2 is 1.79 bits per heavy atom. The third kappa shape index (κ3) is 2.17. The number of aryl methyl sites for hydroxylation is 2. The maximum absolute atomic E-state index is 12.3. The lowest BCUT2D eigenvalue weighted by Gasteiger charge is -2.14. The minimum Gasteiger partial charge on any atom is -0.477 e. The molecule has 0 amide bonds. The Balaban J connectivity index is 2.83. The van der Waals surface area contributed by atoms with Crippen molar-refractivity contribution in [3.8, 4) is 5.69 Å². The Hall–Kier alpha value is -2.36. The van der Waals surface area contributed by atoms with Crippen molar-refractivity contribution < 1.29 is 9.90 Å². The Labute approximate surface area is 110 Å². The normalized spacial score (nSPS) is 10.5. The van der Waals surface area contributed by atoms with Gasteiger partial charge in [0, 0.05) is 5.69 Å². The van der Waals surface area contributed by atoms with E-state index < -0.39 is 11.5 Å². The molecule has 1 aromatic heterocycles. The molecule has 98 valence electrons. The first-order valence-corrected chi connectivity index (χ1v) is 5.96. The van der Waals surface area contributed by atoms with Gasteiger partial charge in [0.2, 0.25) is 0 Å². The van der Waals surface area contributed by atoms with Gasteiger partial charge in [-0.05, 0) is 50.1 Å². The molecule has 0 aliphatic heterocycles. The minimum atomic E-state index is -1.20. The average Bonchev–Trinajstić information content (AvgIpc) is 2.34. The molecule has 0 fully saturated rings. The topological polar surface area (TPSA) is 59.3 Å². The number of hydrogen-bond donors (Lipinski definition) is 1. The van der Waals surface area contributed by atoms with Crippen LogP contribution in [0.5, 0.6) is 0 Å². The van der Waals surface area contributed by atoms with Crippen LogP contribution in [0.25, 0.3) is 5.69 Å². The second kappa shape index (κ2) is 4.72. The van der Waals surface area contributed by atoms with E-state index in [1.165, 1.54) is 10.6 Å². The summed E-state index contributed by atoms with van der Waals surface area (Å²) in [6, 6.07) is 8.63. The SMILES string of the molecule is Cc1cccc(-n2c(C)ccc(C(=O)O)c2=O)c1C. The number of hydrogen-bond acceptors (Lipinski definition) is 2. The third-order valence-corrected chi connectivity index (χ3v) is 3.32. The maximum Gasteiger partial charge on any atom is 0.341 e. The van der Waals surface area contributed by atoms with Gasteiger partial charge in [0.05, 0.1) is 5.69 Å². The molecule has 1 heterocycles. The van der Waals surface area contributed by atoms with E-state index in [2.05, 4.69) is 0 Å². The van der Waals surface area contributed by atoms with Gasteiger partial charge in [0.1, 0.15) is 5.56 Å². The highest BCUT2D eigenvalue weighted by atomic mass is 16.4. The van der Waals surface area contributed by atoms with Crippen LogP contribution in [0.1, 0.15) is 27.2 Å².